The number of nitrogens with one attached hydrogen (secondary N) is 1. The van der Waals surface area contributed by atoms with Gasteiger partial charge in [-0.3, -0.25) is 4.79 Å². The van der Waals surface area contributed by atoms with Crippen LogP contribution >= 0.6 is 0 Å². The fourth-order valence-electron chi connectivity index (χ4n) is 4.08. The highest BCUT2D eigenvalue weighted by atomic mass is 19.3. The van der Waals surface area contributed by atoms with Crippen LogP contribution in [0, 0.1) is 23.0 Å². The average molecular weight is 456 g/mol. The Kier molecular flexibility index (Phi) is 4.81. The Bertz CT molecular complexity index is 1300. The molecule has 2 aliphatic heterocycles. The minimum absolute atomic E-state index is 0.0607. The first-order valence-corrected chi connectivity index (χ1v) is 10.2. The zero-order valence-electron chi connectivity index (χ0n) is 17.1. The second-order valence-corrected chi connectivity index (χ2v) is 7.92. The molecule has 1 N–H and O–H groups in total. The van der Waals surface area contributed by atoms with Crippen LogP contribution in [0.3, 0.4) is 0 Å². The summed E-state index contributed by atoms with van der Waals surface area (Å²) in [6.45, 7) is 0.335. The molecule has 1 saturated heterocycles. The van der Waals surface area contributed by atoms with Crippen LogP contribution in [0.5, 0.6) is 0 Å². The number of pyridine rings is 1. The van der Waals surface area contributed by atoms with Gasteiger partial charge in [0.2, 0.25) is 0 Å². The van der Waals surface area contributed by atoms with Crippen molar-refractivity contribution >= 4 is 11.7 Å². The molecule has 0 unspecified atom stereocenters. The van der Waals surface area contributed by atoms with Gasteiger partial charge in [0.15, 0.2) is 5.82 Å². The maximum absolute atomic E-state index is 14.7. The summed E-state index contributed by atoms with van der Waals surface area (Å²) in [6.07, 6.45) is 0.987. The van der Waals surface area contributed by atoms with Crippen molar-refractivity contribution < 1.29 is 22.4 Å². The number of fused-ring (bicyclic) bond motifs is 1. The van der Waals surface area contributed by atoms with E-state index in [1.54, 1.807) is 23.2 Å². The minimum Gasteiger partial charge on any atom is -0.355 e. The van der Waals surface area contributed by atoms with Crippen LogP contribution in [0.2, 0.25) is 0 Å². The maximum Gasteiger partial charge on any atom is 0.255 e. The van der Waals surface area contributed by atoms with E-state index >= 15 is 0 Å². The van der Waals surface area contributed by atoms with Gasteiger partial charge >= 0.3 is 0 Å². The normalized spacial score (nSPS) is 16.9. The summed E-state index contributed by atoms with van der Waals surface area (Å²) in [5, 5.41) is 16.0. The molecule has 0 radical (unpaired) electrons. The van der Waals surface area contributed by atoms with E-state index in [4.69, 9.17) is 5.26 Å². The van der Waals surface area contributed by atoms with E-state index in [-0.39, 0.29) is 55.0 Å². The van der Waals surface area contributed by atoms with E-state index in [9.17, 15) is 22.4 Å². The predicted octanol–water partition coefficient (Wildman–Crippen LogP) is 3.56. The molecule has 0 atom stereocenters. The summed E-state index contributed by atoms with van der Waals surface area (Å²) < 4.78 is 57.7. The molecule has 1 aromatic carbocycles. The van der Waals surface area contributed by atoms with E-state index in [1.807, 2.05) is 0 Å². The van der Waals surface area contributed by atoms with Crippen molar-refractivity contribution in [1.29, 1.82) is 5.26 Å². The van der Waals surface area contributed by atoms with Crippen molar-refractivity contribution in [2.75, 3.05) is 18.0 Å². The van der Waals surface area contributed by atoms with E-state index < -0.39 is 29.0 Å². The van der Waals surface area contributed by atoms with Gasteiger partial charge in [0.05, 0.1) is 46.4 Å². The van der Waals surface area contributed by atoms with Gasteiger partial charge in [-0.1, -0.05) is 0 Å². The monoisotopic (exact) mass is 456 g/mol. The Morgan fingerprint density at radius 3 is 2.45 bits per heavy atom. The molecule has 4 heterocycles. The summed E-state index contributed by atoms with van der Waals surface area (Å²) in [6, 6.07) is 6.49. The minimum atomic E-state index is -2.70. The lowest BCUT2D eigenvalue weighted by atomic mass is 10.0. The van der Waals surface area contributed by atoms with Crippen molar-refractivity contribution in [1.82, 2.24) is 20.1 Å². The van der Waals surface area contributed by atoms with Gasteiger partial charge in [-0.2, -0.15) is 10.4 Å². The number of piperidine rings is 1. The van der Waals surface area contributed by atoms with E-state index in [2.05, 4.69) is 15.4 Å². The second-order valence-electron chi connectivity index (χ2n) is 7.92. The van der Waals surface area contributed by atoms with Gasteiger partial charge in [0.25, 0.3) is 11.8 Å². The first kappa shape index (κ1) is 20.9. The van der Waals surface area contributed by atoms with Crippen LogP contribution in [0.1, 0.15) is 34.5 Å². The Balaban J connectivity index is 1.58. The molecule has 11 heteroatoms. The van der Waals surface area contributed by atoms with Crippen LogP contribution in [-0.4, -0.2) is 39.7 Å². The second kappa shape index (κ2) is 7.58. The summed E-state index contributed by atoms with van der Waals surface area (Å²) in [5.74, 6) is -4.58. The number of anilines is 1. The van der Waals surface area contributed by atoms with Gasteiger partial charge in [0, 0.05) is 38.2 Å². The smallest absolute Gasteiger partial charge is 0.255 e. The molecule has 2 aliphatic rings. The summed E-state index contributed by atoms with van der Waals surface area (Å²) in [5.41, 5.74) is 0.105. The molecule has 5 rings (SSSR count). The molecule has 2 aromatic heterocycles. The number of nitrogens with zero attached hydrogens (tertiary/aromatic N) is 5. The van der Waals surface area contributed by atoms with Gasteiger partial charge in [-0.25, -0.2) is 27.2 Å². The highest BCUT2D eigenvalue weighted by Gasteiger charge is 2.35. The molecule has 7 nitrogen and oxygen atoms in total. The largest absolute Gasteiger partial charge is 0.355 e. The predicted molar refractivity (Wildman–Crippen MR) is 109 cm³/mol. The SMILES string of the molecule is N#Cc1cc(F)c(-c2cc(-n3ccc(N4CCC(F)(F)CC4)n3)c3c(n2)CNC3=O)c(F)c1. The number of alkyl halides is 2. The lowest BCUT2D eigenvalue weighted by molar-refractivity contribution is -0.0221. The summed E-state index contributed by atoms with van der Waals surface area (Å²) in [7, 11) is 0. The lowest BCUT2D eigenvalue weighted by Gasteiger charge is -2.31. The zero-order valence-corrected chi connectivity index (χ0v) is 17.1. The highest BCUT2D eigenvalue weighted by molar-refractivity contribution is 6.01. The lowest BCUT2D eigenvalue weighted by Crippen LogP contribution is -2.39. The number of hydrogen-bond acceptors (Lipinski definition) is 5. The molecule has 0 aliphatic carbocycles. The van der Waals surface area contributed by atoms with Crippen molar-refractivity contribution in [3.05, 3.63) is 58.9 Å². The van der Waals surface area contributed by atoms with E-state index in [0.29, 0.717) is 11.5 Å². The number of halogens is 4. The Labute approximate surface area is 185 Å². The number of hydrogen-bond donors (Lipinski definition) is 1. The van der Waals surface area contributed by atoms with E-state index in [1.165, 1.54) is 10.7 Å². The molecule has 168 valence electrons. The molecular formula is C22H16F4N6O. The molecule has 3 aromatic rings. The molecule has 33 heavy (non-hydrogen) atoms. The van der Waals surface area contributed by atoms with Gasteiger partial charge in [-0.15, -0.1) is 0 Å². The Morgan fingerprint density at radius 2 is 1.79 bits per heavy atom. The van der Waals surface area contributed by atoms with Crippen molar-refractivity contribution in [2.45, 2.75) is 25.3 Å². The standard InChI is InChI=1S/C22H16F4N6O/c23-13-7-12(10-27)8-14(24)19(13)15-9-17(20-16(29-15)11-28-21(20)33)32-4-1-18(30-32)31-5-2-22(25,26)3-6-31/h1,4,7-9H,2-3,5-6,11H2,(H,28,33). The molecule has 0 bridgehead atoms. The third kappa shape index (κ3) is 3.67. The maximum atomic E-state index is 14.7. The van der Waals surface area contributed by atoms with Crippen molar-refractivity contribution in [3.63, 3.8) is 0 Å². The first-order valence-electron chi connectivity index (χ1n) is 10.2. The highest BCUT2D eigenvalue weighted by Crippen LogP contribution is 2.33. The summed E-state index contributed by atoms with van der Waals surface area (Å²) >= 11 is 0. The van der Waals surface area contributed by atoms with Crippen LogP contribution in [-0.2, 0) is 6.54 Å². The number of carbonyl (C=O) groups is 1. The number of amides is 1. The molecule has 1 fully saturated rings. The summed E-state index contributed by atoms with van der Waals surface area (Å²) in [4.78, 5) is 18.4. The van der Waals surface area contributed by atoms with Crippen molar-refractivity contribution in [3.8, 4) is 23.0 Å². The van der Waals surface area contributed by atoms with Crippen LogP contribution < -0.4 is 10.2 Å². The third-order valence-electron chi connectivity index (χ3n) is 5.79. The fraction of sp³-hybridized carbons (Fsp3) is 0.273. The third-order valence-corrected chi connectivity index (χ3v) is 5.79. The first-order chi connectivity index (χ1) is 15.8. The quantitative estimate of drug-likeness (QED) is 0.609. The topological polar surface area (TPSA) is 86.8 Å². The number of benzene rings is 1. The van der Waals surface area contributed by atoms with Gasteiger partial charge in [0.1, 0.15) is 11.6 Å². The Hall–Kier alpha value is -3.94. The number of carbonyl (C=O) groups excluding carboxylic acids is 1. The molecule has 1 amide bonds. The Morgan fingerprint density at radius 1 is 1.09 bits per heavy atom. The zero-order chi connectivity index (χ0) is 23.3. The number of nitriles is 1. The van der Waals surface area contributed by atoms with Crippen molar-refractivity contribution in [2.24, 2.45) is 0 Å². The van der Waals surface area contributed by atoms with Crippen LogP contribution in [0.4, 0.5) is 23.4 Å². The van der Waals surface area contributed by atoms with Gasteiger partial charge in [-0.05, 0) is 18.2 Å². The van der Waals surface area contributed by atoms with Gasteiger partial charge < -0.3 is 10.2 Å². The molecule has 0 saturated carbocycles. The van der Waals surface area contributed by atoms with Crippen LogP contribution in [0.15, 0.2) is 30.5 Å². The molecular weight excluding hydrogens is 440 g/mol. The fourth-order valence-corrected chi connectivity index (χ4v) is 4.08. The van der Waals surface area contributed by atoms with E-state index in [0.717, 1.165) is 12.1 Å². The number of rotatable bonds is 3. The van der Waals surface area contributed by atoms with Crippen LogP contribution in [0.25, 0.3) is 16.9 Å². The molecule has 0 spiro atoms. The average Bonchev–Trinajstić information content (AvgIpc) is 3.40. The number of aromatic nitrogens is 3.